The van der Waals surface area contributed by atoms with Crippen LogP contribution in [0.25, 0.3) is 0 Å². The van der Waals surface area contributed by atoms with Crippen molar-refractivity contribution in [3.63, 3.8) is 0 Å². The molecular weight excluding hydrogens is 138 g/mol. The molecule has 1 aromatic rings. The molecule has 0 atom stereocenters. The molecule has 1 heterocycles. The highest BCUT2D eigenvalue weighted by atomic mass is 15.3. The molecule has 1 radical (unpaired) electrons. The van der Waals surface area contributed by atoms with Gasteiger partial charge in [-0.15, -0.1) is 0 Å². The molecule has 3 heteroatoms. The highest BCUT2D eigenvalue weighted by molar-refractivity contribution is 5.30. The Morgan fingerprint density at radius 1 is 1.73 bits per heavy atom. The van der Waals surface area contributed by atoms with E-state index in [-0.39, 0.29) is 0 Å². The Kier molecular flexibility index (Phi) is 2.27. The Labute approximate surface area is 66.3 Å². The van der Waals surface area contributed by atoms with E-state index in [9.17, 15) is 0 Å². The number of hydrogen-bond acceptors (Lipinski definition) is 2. The summed E-state index contributed by atoms with van der Waals surface area (Å²) in [6.45, 7) is 2.08. The minimum Gasteiger partial charge on any atom is -0.271 e. The van der Waals surface area contributed by atoms with Gasteiger partial charge in [0, 0.05) is 7.05 Å². The van der Waals surface area contributed by atoms with E-state index in [1.165, 1.54) is 0 Å². The number of hydrogen-bond donors (Lipinski definition) is 0. The zero-order chi connectivity index (χ0) is 8.27. The smallest absolute Gasteiger partial charge is 0.132 e. The summed E-state index contributed by atoms with van der Waals surface area (Å²) < 4.78 is 1.71. The van der Waals surface area contributed by atoms with E-state index >= 15 is 0 Å². The summed E-state index contributed by atoms with van der Waals surface area (Å²) in [5, 5.41) is 12.5. The first-order valence-electron chi connectivity index (χ1n) is 3.63. The van der Waals surface area contributed by atoms with Crippen molar-refractivity contribution in [2.75, 3.05) is 0 Å². The molecule has 0 spiro atoms. The normalized spacial score (nSPS) is 9.55. The predicted molar refractivity (Wildman–Crippen MR) is 40.8 cm³/mol. The fourth-order valence-electron chi connectivity index (χ4n) is 1.02. The zero-order valence-corrected chi connectivity index (χ0v) is 6.76. The summed E-state index contributed by atoms with van der Waals surface area (Å²) in [5.74, 6) is 0. The molecule has 0 aliphatic heterocycles. The Hall–Kier alpha value is -1.30. The van der Waals surface area contributed by atoms with E-state index < -0.39 is 0 Å². The van der Waals surface area contributed by atoms with Gasteiger partial charge in [0.1, 0.15) is 17.8 Å². The molecule has 0 saturated heterocycles. The quantitative estimate of drug-likeness (QED) is 0.629. The average molecular weight is 148 g/mol. The van der Waals surface area contributed by atoms with E-state index in [2.05, 4.69) is 24.3 Å². The summed E-state index contributed by atoms with van der Waals surface area (Å²) in [5.41, 5.74) is 1.56. The number of aromatic nitrogens is 2. The van der Waals surface area contributed by atoms with Crippen LogP contribution in [0, 0.1) is 17.5 Å². The fraction of sp³-hybridized carbons (Fsp3) is 0.500. The van der Waals surface area contributed by atoms with Crippen LogP contribution in [0.3, 0.4) is 0 Å². The maximum atomic E-state index is 8.62. The van der Waals surface area contributed by atoms with Gasteiger partial charge in [-0.05, 0) is 6.42 Å². The van der Waals surface area contributed by atoms with Gasteiger partial charge in [-0.25, -0.2) is 0 Å². The molecule has 0 amide bonds. The first kappa shape index (κ1) is 7.80. The van der Waals surface area contributed by atoms with Gasteiger partial charge in [-0.3, -0.25) is 4.68 Å². The van der Waals surface area contributed by atoms with Gasteiger partial charge in [-0.1, -0.05) is 13.3 Å². The maximum Gasteiger partial charge on any atom is 0.132 e. The summed E-state index contributed by atoms with van der Waals surface area (Å²) in [4.78, 5) is 0. The molecule has 1 rings (SSSR count). The Morgan fingerprint density at radius 3 is 3.00 bits per heavy atom. The van der Waals surface area contributed by atoms with E-state index in [0.717, 1.165) is 18.5 Å². The first-order valence-corrected chi connectivity index (χ1v) is 3.63. The standard InChI is InChI=1S/C8H10N3/c1-3-4-8-7(5-9)6-10-11(8)2/h3-4H2,1-2H3. The van der Waals surface area contributed by atoms with Crippen LogP contribution in [0.15, 0.2) is 0 Å². The molecule has 57 valence electrons. The van der Waals surface area contributed by atoms with Crippen molar-refractivity contribution in [3.05, 3.63) is 17.5 Å². The fourth-order valence-corrected chi connectivity index (χ4v) is 1.02. The van der Waals surface area contributed by atoms with Gasteiger partial charge in [0.2, 0.25) is 0 Å². The van der Waals surface area contributed by atoms with Crippen molar-refractivity contribution < 1.29 is 0 Å². The lowest BCUT2D eigenvalue weighted by Crippen LogP contribution is -1.98. The molecule has 0 aliphatic rings. The average Bonchev–Trinajstić information content (AvgIpc) is 2.34. The van der Waals surface area contributed by atoms with Crippen molar-refractivity contribution >= 4 is 0 Å². The third-order valence-electron chi connectivity index (χ3n) is 1.59. The van der Waals surface area contributed by atoms with Crippen LogP contribution in [0.1, 0.15) is 24.6 Å². The maximum absolute atomic E-state index is 8.62. The van der Waals surface area contributed by atoms with Crippen LogP contribution >= 0.6 is 0 Å². The van der Waals surface area contributed by atoms with Crippen LogP contribution < -0.4 is 0 Å². The highest BCUT2D eigenvalue weighted by Gasteiger charge is 2.05. The second kappa shape index (κ2) is 3.20. The summed E-state index contributed by atoms with van der Waals surface area (Å²) in [7, 11) is 1.84. The minimum absolute atomic E-state index is 0.578. The van der Waals surface area contributed by atoms with Crippen LogP contribution in [0.4, 0.5) is 0 Å². The Morgan fingerprint density at radius 2 is 2.45 bits per heavy atom. The van der Waals surface area contributed by atoms with Gasteiger partial charge >= 0.3 is 0 Å². The summed E-state index contributed by atoms with van der Waals surface area (Å²) >= 11 is 0. The largest absolute Gasteiger partial charge is 0.271 e. The topological polar surface area (TPSA) is 41.6 Å². The van der Waals surface area contributed by atoms with E-state index in [0.29, 0.717) is 5.56 Å². The Bertz CT molecular complexity index is 280. The molecule has 11 heavy (non-hydrogen) atoms. The van der Waals surface area contributed by atoms with Crippen LogP contribution in [-0.2, 0) is 13.5 Å². The SMILES string of the molecule is CCCc1c(C#N)[c]nn1C. The molecule has 0 saturated carbocycles. The number of aryl methyl sites for hydroxylation is 1. The second-order valence-corrected chi connectivity index (χ2v) is 2.42. The molecule has 3 nitrogen and oxygen atoms in total. The summed E-state index contributed by atoms with van der Waals surface area (Å²) in [6.07, 6.45) is 4.59. The van der Waals surface area contributed by atoms with E-state index in [1.807, 2.05) is 7.05 Å². The lowest BCUT2D eigenvalue weighted by molar-refractivity contribution is 0.696. The molecule has 0 aromatic carbocycles. The molecule has 0 bridgehead atoms. The molecule has 0 unspecified atom stereocenters. The Balaban J connectivity index is 3.00. The van der Waals surface area contributed by atoms with Gasteiger partial charge in [0.25, 0.3) is 0 Å². The van der Waals surface area contributed by atoms with Crippen LogP contribution in [-0.4, -0.2) is 9.78 Å². The van der Waals surface area contributed by atoms with Crippen molar-refractivity contribution in [1.82, 2.24) is 9.78 Å². The van der Waals surface area contributed by atoms with E-state index in [4.69, 9.17) is 5.26 Å². The monoisotopic (exact) mass is 148 g/mol. The number of rotatable bonds is 2. The second-order valence-electron chi connectivity index (χ2n) is 2.42. The minimum atomic E-state index is 0.578. The van der Waals surface area contributed by atoms with Crippen molar-refractivity contribution in [3.8, 4) is 6.07 Å². The zero-order valence-electron chi connectivity index (χ0n) is 6.76. The van der Waals surface area contributed by atoms with Crippen molar-refractivity contribution in [2.24, 2.45) is 7.05 Å². The third-order valence-corrected chi connectivity index (χ3v) is 1.59. The highest BCUT2D eigenvalue weighted by Crippen LogP contribution is 2.06. The molecule has 0 aliphatic carbocycles. The van der Waals surface area contributed by atoms with Gasteiger partial charge in [0.05, 0.1) is 5.69 Å². The third kappa shape index (κ3) is 1.40. The molecule has 0 N–H and O–H groups in total. The van der Waals surface area contributed by atoms with Gasteiger partial charge in [-0.2, -0.15) is 10.4 Å². The molecule has 1 aromatic heterocycles. The first-order chi connectivity index (χ1) is 5.29. The summed E-state index contributed by atoms with van der Waals surface area (Å²) in [6, 6.07) is 2.06. The van der Waals surface area contributed by atoms with Crippen LogP contribution in [0.5, 0.6) is 0 Å². The predicted octanol–water partition coefficient (Wildman–Crippen LogP) is 1.04. The lowest BCUT2D eigenvalue weighted by Gasteiger charge is -1.97. The molecular formula is C8H10N3. The van der Waals surface area contributed by atoms with E-state index in [1.54, 1.807) is 4.68 Å². The van der Waals surface area contributed by atoms with Crippen LogP contribution in [0.2, 0.25) is 0 Å². The number of nitriles is 1. The van der Waals surface area contributed by atoms with Gasteiger partial charge in [0.15, 0.2) is 0 Å². The lowest BCUT2D eigenvalue weighted by atomic mass is 10.2. The van der Waals surface area contributed by atoms with Crippen molar-refractivity contribution in [2.45, 2.75) is 19.8 Å². The number of nitrogens with zero attached hydrogens (tertiary/aromatic N) is 3. The van der Waals surface area contributed by atoms with Crippen molar-refractivity contribution in [1.29, 1.82) is 5.26 Å². The molecule has 0 fully saturated rings. The van der Waals surface area contributed by atoms with Gasteiger partial charge < -0.3 is 0 Å².